The molecular weight excluding hydrogens is 290 g/mol. The lowest BCUT2D eigenvalue weighted by Gasteiger charge is -2.18. The second kappa shape index (κ2) is 6.98. The first-order valence-corrected chi connectivity index (χ1v) is 6.91. The van der Waals surface area contributed by atoms with Gasteiger partial charge in [-0.25, -0.2) is 8.78 Å². The smallest absolute Gasteiger partial charge is 0.250 e. The summed E-state index contributed by atoms with van der Waals surface area (Å²) in [4.78, 5) is 23.6. The van der Waals surface area contributed by atoms with Crippen LogP contribution < -0.4 is 10.9 Å². The number of carbonyl (C=O) groups excluding carboxylic acids is 1. The highest BCUT2D eigenvalue weighted by atomic mass is 19.1. The van der Waals surface area contributed by atoms with Crippen molar-refractivity contribution in [2.24, 2.45) is 0 Å². The van der Waals surface area contributed by atoms with E-state index >= 15 is 0 Å². The molecule has 0 saturated heterocycles. The van der Waals surface area contributed by atoms with Crippen LogP contribution in [0.25, 0.3) is 0 Å². The number of pyridine rings is 1. The highest BCUT2D eigenvalue weighted by molar-refractivity contribution is 5.76. The van der Waals surface area contributed by atoms with Crippen LogP contribution in [0.2, 0.25) is 0 Å². The number of hydrogen-bond donors (Lipinski definition) is 1. The number of halogens is 2. The average molecular weight is 306 g/mol. The van der Waals surface area contributed by atoms with Gasteiger partial charge in [-0.15, -0.1) is 0 Å². The van der Waals surface area contributed by atoms with Gasteiger partial charge in [0.2, 0.25) is 5.91 Å². The summed E-state index contributed by atoms with van der Waals surface area (Å²) in [5.41, 5.74) is -0.209. The van der Waals surface area contributed by atoms with Crippen LogP contribution in [-0.4, -0.2) is 10.5 Å². The number of carbonyl (C=O) groups is 1. The van der Waals surface area contributed by atoms with Gasteiger partial charge in [-0.2, -0.15) is 0 Å². The molecule has 0 aliphatic rings. The number of nitrogens with one attached hydrogen (secondary N) is 1. The molecule has 1 aromatic carbocycles. The summed E-state index contributed by atoms with van der Waals surface area (Å²) < 4.78 is 28.3. The highest BCUT2D eigenvalue weighted by Crippen LogP contribution is 2.21. The molecule has 116 valence electrons. The molecule has 2 aromatic rings. The van der Waals surface area contributed by atoms with Gasteiger partial charge in [-0.05, 0) is 30.7 Å². The summed E-state index contributed by atoms with van der Waals surface area (Å²) in [5.74, 6) is -1.59. The maximum absolute atomic E-state index is 13.8. The Morgan fingerprint density at radius 3 is 2.73 bits per heavy atom. The minimum Gasteiger partial charge on any atom is -0.348 e. The minimum absolute atomic E-state index is 0.0938. The standard InChI is InChI=1S/C16H16F2N2O2/c1-2-14(12-9-11(17)6-7-13(12)18)19-15(21)10-20-8-4-3-5-16(20)22/h3-9,14H,2,10H2,1H3,(H,19,21)/t14-/m1/s1. The molecular formula is C16H16F2N2O2. The molecule has 1 atom stereocenters. The molecule has 0 unspecified atom stereocenters. The molecule has 0 saturated carbocycles. The Balaban J connectivity index is 2.13. The van der Waals surface area contributed by atoms with Gasteiger partial charge >= 0.3 is 0 Å². The van der Waals surface area contributed by atoms with E-state index in [-0.39, 0.29) is 17.7 Å². The molecule has 0 spiro atoms. The Morgan fingerprint density at radius 2 is 2.05 bits per heavy atom. The van der Waals surface area contributed by atoms with Crippen molar-refractivity contribution in [3.8, 4) is 0 Å². The summed E-state index contributed by atoms with van der Waals surface area (Å²) in [7, 11) is 0. The molecule has 6 heteroatoms. The van der Waals surface area contributed by atoms with E-state index < -0.39 is 23.6 Å². The normalized spacial score (nSPS) is 12.0. The highest BCUT2D eigenvalue weighted by Gasteiger charge is 2.17. The van der Waals surface area contributed by atoms with E-state index in [0.29, 0.717) is 6.42 Å². The van der Waals surface area contributed by atoms with Crippen LogP contribution in [0.5, 0.6) is 0 Å². The molecule has 1 N–H and O–H groups in total. The van der Waals surface area contributed by atoms with Crippen LogP contribution in [0, 0.1) is 11.6 Å². The Morgan fingerprint density at radius 1 is 1.27 bits per heavy atom. The molecule has 22 heavy (non-hydrogen) atoms. The van der Waals surface area contributed by atoms with Gasteiger partial charge in [0, 0.05) is 17.8 Å². The predicted molar refractivity (Wildman–Crippen MR) is 78.2 cm³/mol. The van der Waals surface area contributed by atoms with E-state index in [1.54, 1.807) is 19.1 Å². The Hall–Kier alpha value is -2.50. The quantitative estimate of drug-likeness (QED) is 0.922. The maximum atomic E-state index is 13.8. The van der Waals surface area contributed by atoms with Gasteiger partial charge in [0.05, 0.1) is 6.04 Å². The van der Waals surface area contributed by atoms with E-state index in [1.807, 2.05) is 0 Å². The molecule has 0 aliphatic carbocycles. The fraction of sp³-hybridized carbons (Fsp3) is 0.250. The van der Waals surface area contributed by atoms with Gasteiger partial charge in [0.25, 0.3) is 5.56 Å². The molecule has 1 heterocycles. The number of amides is 1. The SMILES string of the molecule is CC[C@@H](NC(=O)Cn1ccccc1=O)c1cc(F)ccc1F. The van der Waals surface area contributed by atoms with Crippen LogP contribution in [0.15, 0.2) is 47.4 Å². The lowest BCUT2D eigenvalue weighted by molar-refractivity contribution is -0.122. The first-order valence-electron chi connectivity index (χ1n) is 6.91. The van der Waals surface area contributed by atoms with E-state index in [4.69, 9.17) is 0 Å². The molecule has 0 aliphatic heterocycles. The second-order valence-corrected chi connectivity index (χ2v) is 4.86. The van der Waals surface area contributed by atoms with Crippen molar-refractivity contribution < 1.29 is 13.6 Å². The Kier molecular flexibility index (Phi) is 5.04. The number of rotatable bonds is 5. The number of nitrogens with zero attached hydrogens (tertiary/aromatic N) is 1. The van der Waals surface area contributed by atoms with E-state index in [0.717, 1.165) is 18.2 Å². The van der Waals surface area contributed by atoms with Crippen molar-refractivity contribution in [3.05, 3.63) is 70.1 Å². The first kappa shape index (κ1) is 15.9. The van der Waals surface area contributed by atoms with Crippen molar-refractivity contribution in [2.75, 3.05) is 0 Å². The largest absolute Gasteiger partial charge is 0.348 e. The fourth-order valence-electron chi connectivity index (χ4n) is 2.17. The van der Waals surface area contributed by atoms with Gasteiger partial charge in [-0.3, -0.25) is 9.59 Å². The molecule has 1 aromatic heterocycles. The molecule has 0 fully saturated rings. The van der Waals surface area contributed by atoms with Crippen molar-refractivity contribution in [1.29, 1.82) is 0 Å². The third-order valence-corrected chi connectivity index (χ3v) is 3.29. The third-order valence-electron chi connectivity index (χ3n) is 3.29. The monoisotopic (exact) mass is 306 g/mol. The topological polar surface area (TPSA) is 51.1 Å². The zero-order valence-electron chi connectivity index (χ0n) is 12.1. The van der Waals surface area contributed by atoms with E-state index in [2.05, 4.69) is 5.32 Å². The van der Waals surface area contributed by atoms with Crippen molar-refractivity contribution >= 4 is 5.91 Å². The number of aromatic nitrogens is 1. The Labute approximate surface area is 126 Å². The van der Waals surface area contributed by atoms with Crippen LogP contribution in [0.1, 0.15) is 24.9 Å². The zero-order valence-corrected chi connectivity index (χ0v) is 12.1. The maximum Gasteiger partial charge on any atom is 0.250 e. The molecule has 1 amide bonds. The summed E-state index contributed by atoms with van der Waals surface area (Å²) in [5, 5.41) is 2.62. The number of hydrogen-bond acceptors (Lipinski definition) is 2. The number of benzene rings is 1. The lowest BCUT2D eigenvalue weighted by Crippen LogP contribution is -2.34. The minimum atomic E-state index is -0.650. The third kappa shape index (κ3) is 3.78. The second-order valence-electron chi connectivity index (χ2n) is 4.86. The molecule has 4 nitrogen and oxygen atoms in total. The van der Waals surface area contributed by atoms with Crippen LogP contribution in [0.3, 0.4) is 0 Å². The average Bonchev–Trinajstić information content (AvgIpc) is 2.50. The summed E-state index contributed by atoms with van der Waals surface area (Å²) >= 11 is 0. The van der Waals surface area contributed by atoms with Crippen molar-refractivity contribution in [1.82, 2.24) is 9.88 Å². The van der Waals surface area contributed by atoms with E-state index in [9.17, 15) is 18.4 Å². The summed E-state index contributed by atoms with van der Waals surface area (Å²) in [6.07, 6.45) is 1.89. The summed E-state index contributed by atoms with van der Waals surface area (Å²) in [6, 6.07) is 7.03. The first-order chi connectivity index (χ1) is 10.5. The van der Waals surface area contributed by atoms with Crippen LogP contribution >= 0.6 is 0 Å². The van der Waals surface area contributed by atoms with Crippen molar-refractivity contribution in [2.45, 2.75) is 25.9 Å². The van der Waals surface area contributed by atoms with Crippen LogP contribution in [-0.2, 0) is 11.3 Å². The van der Waals surface area contributed by atoms with Gasteiger partial charge < -0.3 is 9.88 Å². The lowest BCUT2D eigenvalue weighted by atomic mass is 10.0. The molecule has 2 rings (SSSR count). The van der Waals surface area contributed by atoms with Gasteiger partial charge in [-0.1, -0.05) is 13.0 Å². The summed E-state index contributed by atoms with van der Waals surface area (Å²) in [6.45, 7) is 1.58. The van der Waals surface area contributed by atoms with E-state index in [1.165, 1.54) is 16.8 Å². The Bertz CT molecular complexity index is 728. The zero-order chi connectivity index (χ0) is 16.1. The fourth-order valence-corrected chi connectivity index (χ4v) is 2.17. The van der Waals surface area contributed by atoms with Crippen LogP contribution in [0.4, 0.5) is 8.78 Å². The van der Waals surface area contributed by atoms with Crippen molar-refractivity contribution in [3.63, 3.8) is 0 Å². The molecule has 0 radical (unpaired) electrons. The molecule has 0 bridgehead atoms. The predicted octanol–water partition coefficient (Wildman–Crippen LogP) is 2.39. The van der Waals surface area contributed by atoms with Gasteiger partial charge in [0.15, 0.2) is 0 Å². The van der Waals surface area contributed by atoms with Gasteiger partial charge in [0.1, 0.15) is 18.2 Å².